The Morgan fingerprint density at radius 1 is 1.30 bits per heavy atom. The lowest BCUT2D eigenvalue weighted by Crippen LogP contribution is -2.53. The van der Waals surface area contributed by atoms with Crippen LogP contribution >= 0.6 is 0 Å². The van der Waals surface area contributed by atoms with Crippen molar-refractivity contribution in [1.29, 1.82) is 0 Å². The average molecular weight is 274 g/mol. The molecule has 20 heavy (non-hydrogen) atoms. The van der Waals surface area contributed by atoms with Crippen LogP contribution in [-0.4, -0.2) is 24.1 Å². The van der Waals surface area contributed by atoms with Crippen molar-refractivity contribution in [3.8, 4) is 5.75 Å². The lowest BCUT2D eigenvalue weighted by Gasteiger charge is -2.33. The highest BCUT2D eigenvalue weighted by Gasteiger charge is 2.32. The average Bonchev–Trinajstić information content (AvgIpc) is 2.89. The zero-order chi connectivity index (χ0) is 14.0. The topological polar surface area (TPSA) is 64.3 Å². The summed E-state index contributed by atoms with van der Waals surface area (Å²) in [4.78, 5) is 12.2. The van der Waals surface area contributed by atoms with Gasteiger partial charge in [-0.05, 0) is 24.5 Å². The third-order valence-electron chi connectivity index (χ3n) is 4.40. The highest BCUT2D eigenvalue weighted by atomic mass is 16.5. The molecule has 1 saturated carbocycles. The second kappa shape index (κ2) is 5.44. The van der Waals surface area contributed by atoms with Crippen molar-refractivity contribution in [2.45, 2.75) is 50.2 Å². The Balaban J connectivity index is 1.53. The van der Waals surface area contributed by atoms with Crippen LogP contribution in [0.2, 0.25) is 0 Å². The summed E-state index contributed by atoms with van der Waals surface area (Å²) in [5, 5.41) is 2.98. The van der Waals surface area contributed by atoms with Crippen molar-refractivity contribution in [2.75, 3.05) is 6.54 Å². The molecule has 1 fully saturated rings. The van der Waals surface area contributed by atoms with Gasteiger partial charge in [0.1, 0.15) is 5.75 Å². The maximum absolute atomic E-state index is 12.2. The largest absolute Gasteiger partial charge is 0.480 e. The molecule has 1 unspecified atom stereocenters. The third-order valence-corrected chi connectivity index (χ3v) is 4.40. The molecule has 1 aromatic carbocycles. The van der Waals surface area contributed by atoms with Gasteiger partial charge in [-0.3, -0.25) is 4.79 Å². The van der Waals surface area contributed by atoms with E-state index in [0.717, 1.165) is 37.0 Å². The first-order chi connectivity index (χ1) is 9.66. The summed E-state index contributed by atoms with van der Waals surface area (Å²) in [7, 11) is 0. The van der Waals surface area contributed by atoms with Gasteiger partial charge >= 0.3 is 0 Å². The molecular formula is C16H22N2O2. The van der Waals surface area contributed by atoms with Crippen LogP contribution < -0.4 is 15.8 Å². The number of fused-ring (bicyclic) bond motifs is 1. The molecule has 108 valence electrons. The number of carbonyl (C=O) groups is 1. The van der Waals surface area contributed by atoms with Gasteiger partial charge in [0.05, 0.1) is 0 Å². The van der Waals surface area contributed by atoms with Gasteiger partial charge in [-0.15, -0.1) is 0 Å². The number of nitrogens with one attached hydrogen (secondary N) is 1. The summed E-state index contributed by atoms with van der Waals surface area (Å²) in [5.74, 6) is 0.782. The molecule has 0 bridgehead atoms. The zero-order valence-electron chi connectivity index (χ0n) is 11.7. The minimum atomic E-state index is -0.403. The fraction of sp³-hybridized carbons (Fsp3) is 0.562. The Hall–Kier alpha value is -1.55. The molecule has 0 saturated heterocycles. The monoisotopic (exact) mass is 274 g/mol. The predicted octanol–water partition coefficient (Wildman–Crippen LogP) is 1.77. The van der Waals surface area contributed by atoms with Crippen molar-refractivity contribution in [3.63, 3.8) is 0 Å². The van der Waals surface area contributed by atoms with Gasteiger partial charge in [-0.2, -0.15) is 0 Å². The molecule has 4 nitrogen and oxygen atoms in total. The number of nitrogens with two attached hydrogens (primary N) is 1. The molecule has 2 aliphatic rings. The summed E-state index contributed by atoms with van der Waals surface area (Å²) in [6.45, 7) is 0.558. The Morgan fingerprint density at radius 2 is 2.05 bits per heavy atom. The smallest absolute Gasteiger partial charge is 0.261 e. The van der Waals surface area contributed by atoms with E-state index in [4.69, 9.17) is 10.5 Å². The summed E-state index contributed by atoms with van der Waals surface area (Å²) >= 11 is 0. The number of carbonyl (C=O) groups excluding carboxylic acids is 1. The van der Waals surface area contributed by atoms with Crippen LogP contribution in [0.25, 0.3) is 0 Å². The van der Waals surface area contributed by atoms with Crippen LogP contribution in [0.1, 0.15) is 37.7 Å². The van der Waals surface area contributed by atoms with Gasteiger partial charge in [-0.25, -0.2) is 0 Å². The van der Waals surface area contributed by atoms with Crippen molar-refractivity contribution in [3.05, 3.63) is 29.8 Å². The van der Waals surface area contributed by atoms with E-state index in [1.165, 1.54) is 6.42 Å². The fourth-order valence-corrected chi connectivity index (χ4v) is 3.14. The van der Waals surface area contributed by atoms with E-state index in [0.29, 0.717) is 13.0 Å². The first-order valence-corrected chi connectivity index (χ1v) is 7.47. The molecule has 1 aliphatic carbocycles. The van der Waals surface area contributed by atoms with Crippen molar-refractivity contribution in [2.24, 2.45) is 5.73 Å². The maximum Gasteiger partial charge on any atom is 0.261 e. The first-order valence-electron chi connectivity index (χ1n) is 7.47. The number of para-hydroxylation sites is 1. The maximum atomic E-state index is 12.2. The van der Waals surface area contributed by atoms with Crippen molar-refractivity contribution in [1.82, 2.24) is 5.32 Å². The second-order valence-corrected chi connectivity index (χ2v) is 6.06. The van der Waals surface area contributed by atoms with Crippen LogP contribution in [0.5, 0.6) is 5.75 Å². The molecule has 3 rings (SSSR count). The van der Waals surface area contributed by atoms with Gasteiger partial charge < -0.3 is 15.8 Å². The second-order valence-electron chi connectivity index (χ2n) is 6.06. The summed E-state index contributed by atoms with van der Waals surface area (Å²) in [6, 6.07) is 7.82. The summed E-state index contributed by atoms with van der Waals surface area (Å²) in [5.41, 5.74) is 7.22. The van der Waals surface area contributed by atoms with Crippen molar-refractivity contribution >= 4 is 5.91 Å². The van der Waals surface area contributed by atoms with Gasteiger partial charge in [-0.1, -0.05) is 37.5 Å². The van der Waals surface area contributed by atoms with Gasteiger partial charge in [0, 0.05) is 18.5 Å². The summed E-state index contributed by atoms with van der Waals surface area (Å²) in [6.07, 6.45) is 5.83. The van der Waals surface area contributed by atoms with E-state index in [2.05, 4.69) is 5.32 Å². The van der Waals surface area contributed by atoms with Crippen LogP contribution in [0.15, 0.2) is 24.3 Å². The van der Waals surface area contributed by atoms with Gasteiger partial charge in [0.25, 0.3) is 5.91 Å². The molecule has 1 heterocycles. The molecule has 4 heteroatoms. The molecule has 0 aromatic heterocycles. The lowest BCUT2D eigenvalue weighted by molar-refractivity contribution is -0.127. The van der Waals surface area contributed by atoms with E-state index in [-0.39, 0.29) is 11.4 Å². The fourth-order valence-electron chi connectivity index (χ4n) is 3.14. The zero-order valence-corrected chi connectivity index (χ0v) is 11.7. The Kier molecular flexibility index (Phi) is 3.66. The van der Waals surface area contributed by atoms with Gasteiger partial charge in [0.2, 0.25) is 0 Å². The molecular weight excluding hydrogens is 252 g/mol. The van der Waals surface area contributed by atoms with E-state index < -0.39 is 6.10 Å². The number of rotatable bonds is 3. The third kappa shape index (κ3) is 2.80. The molecule has 1 aliphatic heterocycles. The van der Waals surface area contributed by atoms with E-state index in [1.807, 2.05) is 24.3 Å². The van der Waals surface area contributed by atoms with E-state index in [9.17, 15) is 4.79 Å². The van der Waals surface area contributed by atoms with Gasteiger partial charge in [0.15, 0.2) is 6.10 Å². The Labute approximate surface area is 119 Å². The minimum absolute atomic E-state index is 0.0448. The predicted molar refractivity (Wildman–Crippen MR) is 77.6 cm³/mol. The number of ether oxygens (including phenoxy) is 1. The normalized spacial score (nSPS) is 23.8. The SMILES string of the molecule is NC1(CNC(=O)C2Cc3ccccc3O2)CCCCC1. The Morgan fingerprint density at radius 3 is 2.80 bits per heavy atom. The first kappa shape index (κ1) is 13.4. The standard InChI is InChI=1S/C16H22N2O2/c17-16(8-4-1-5-9-16)11-18-15(19)14-10-12-6-2-3-7-13(12)20-14/h2-3,6-7,14H,1,4-5,8-11,17H2,(H,18,19). The number of benzene rings is 1. The number of hydrogen-bond acceptors (Lipinski definition) is 3. The van der Waals surface area contributed by atoms with E-state index >= 15 is 0 Å². The molecule has 1 atom stereocenters. The number of amides is 1. The molecule has 1 amide bonds. The summed E-state index contributed by atoms with van der Waals surface area (Å²) < 4.78 is 5.69. The minimum Gasteiger partial charge on any atom is -0.480 e. The van der Waals surface area contributed by atoms with Crippen LogP contribution in [0, 0.1) is 0 Å². The van der Waals surface area contributed by atoms with Crippen molar-refractivity contribution < 1.29 is 9.53 Å². The quantitative estimate of drug-likeness (QED) is 0.883. The molecule has 0 radical (unpaired) electrons. The molecule has 3 N–H and O–H groups in total. The molecule has 0 spiro atoms. The number of hydrogen-bond donors (Lipinski definition) is 2. The highest BCUT2D eigenvalue weighted by molar-refractivity contribution is 5.82. The van der Waals surface area contributed by atoms with Crippen LogP contribution in [-0.2, 0) is 11.2 Å². The van der Waals surface area contributed by atoms with Crippen LogP contribution in [0.4, 0.5) is 0 Å². The Bertz CT molecular complexity index is 470. The molecule has 1 aromatic rings. The lowest BCUT2D eigenvalue weighted by atomic mass is 9.82. The van der Waals surface area contributed by atoms with E-state index in [1.54, 1.807) is 0 Å². The highest BCUT2D eigenvalue weighted by Crippen LogP contribution is 2.28. The van der Waals surface area contributed by atoms with Crippen LogP contribution in [0.3, 0.4) is 0 Å².